The lowest BCUT2D eigenvalue weighted by molar-refractivity contribution is 0.0751. The minimum atomic E-state index is -0.280. The second-order valence-electron chi connectivity index (χ2n) is 4.48. The number of hydrogen-bond acceptors (Lipinski definition) is 2. The predicted octanol–water partition coefficient (Wildman–Crippen LogP) is 1.62. The Bertz CT molecular complexity index is 407. The quantitative estimate of drug-likeness (QED) is 0.756. The van der Waals surface area contributed by atoms with E-state index >= 15 is 0 Å². The van der Waals surface area contributed by atoms with E-state index in [-0.39, 0.29) is 18.0 Å². The molecule has 0 amide bonds. The molecule has 3 heteroatoms. The third-order valence-corrected chi connectivity index (χ3v) is 3.85. The normalized spacial score (nSPS) is 29.2. The van der Waals surface area contributed by atoms with E-state index < -0.39 is 0 Å². The number of halogens is 1. The number of aliphatic hydroxyl groups is 1. The van der Waals surface area contributed by atoms with Gasteiger partial charge in [0, 0.05) is 12.1 Å². The van der Waals surface area contributed by atoms with Crippen LogP contribution in [0.2, 0.25) is 0 Å². The monoisotopic (exact) mass is 207 g/mol. The molecule has 0 radical (unpaired) electrons. The summed E-state index contributed by atoms with van der Waals surface area (Å²) in [6.45, 7) is 1.72. The van der Waals surface area contributed by atoms with E-state index in [9.17, 15) is 9.50 Å². The van der Waals surface area contributed by atoms with Crippen LogP contribution in [-0.4, -0.2) is 23.2 Å². The molecule has 0 aromatic heterocycles. The van der Waals surface area contributed by atoms with Crippen molar-refractivity contribution < 1.29 is 9.50 Å². The summed E-state index contributed by atoms with van der Waals surface area (Å²) in [6, 6.07) is 5.21. The Morgan fingerprint density at radius 2 is 2.33 bits per heavy atom. The molecule has 1 fully saturated rings. The average Bonchev–Trinajstić information content (AvgIpc) is 2.75. The van der Waals surface area contributed by atoms with Gasteiger partial charge in [-0.2, -0.15) is 0 Å². The van der Waals surface area contributed by atoms with Gasteiger partial charge in [0.2, 0.25) is 0 Å². The number of rotatable bonds is 1. The Kier molecular flexibility index (Phi) is 1.88. The van der Waals surface area contributed by atoms with E-state index in [0.29, 0.717) is 6.54 Å². The van der Waals surface area contributed by atoms with Crippen molar-refractivity contribution in [2.45, 2.75) is 24.9 Å². The maximum Gasteiger partial charge on any atom is 0.128 e. The zero-order valence-electron chi connectivity index (χ0n) is 8.54. The van der Waals surface area contributed by atoms with Crippen molar-refractivity contribution in [1.82, 2.24) is 4.90 Å². The summed E-state index contributed by atoms with van der Waals surface area (Å²) in [6.07, 6.45) is 2.04. The molecule has 3 rings (SSSR count). The number of hydrogen-bond donors (Lipinski definition) is 1. The fourth-order valence-electron chi connectivity index (χ4n) is 3.08. The number of benzene rings is 1. The first-order valence-corrected chi connectivity index (χ1v) is 5.42. The first kappa shape index (κ1) is 9.31. The Morgan fingerprint density at radius 1 is 1.47 bits per heavy atom. The van der Waals surface area contributed by atoms with Gasteiger partial charge in [0.15, 0.2) is 0 Å². The van der Waals surface area contributed by atoms with Gasteiger partial charge in [-0.05, 0) is 31.0 Å². The smallest absolute Gasteiger partial charge is 0.128 e. The van der Waals surface area contributed by atoms with Crippen LogP contribution in [0.5, 0.6) is 0 Å². The standard InChI is InChI=1S/C12H14FNO/c13-11-4-1-3-10-9(11)7-14-6-2-5-12(10,14)8-15/h1,3-4,15H,2,5-8H2. The minimum Gasteiger partial charge on any atom is -0.394 e. The Hall–Kier alpha value is -0.930. The third kappa shape index (κ3) is 1.05. The molecule has 2 heterocycles. The molecule has 1 N–H and O–H groups in total. The zero-order chi connectivity index (χ0) is 10.5. The summed E-state index contributed by atoms with van der Waals surface area (Å²) in [4.78, 5) is 2.21. The summed E-state index contributed by atoms with van der Waals surface area (Å²) in [5.74, 6) is -0.130. The van der Waals surface area contributed by atoms with Gasteiger partial charge in [-0.1, -0.05) is 12.1 Å². The zero-order valence-corrected chi connectivity index (χ0v) is 8.54. The molecule has 2 aliphatic heterocycles. The maximum atomic E-state index is 13.6. The van der Waals surface area contributed by atoms with Gasteiger partial charge < -0.3 is 5.11 Å². The van der Waals surface area contributed by atoms with Crippen LogP contribution in [0.4, 0.5) is 4.39 Å². The highest BCUT2D eigenvalue weighted by atomic mass is 19.1. The second-order valence-corrected chi connectivity index (χ2v) is 4.48. The molecule has 0 saturated carbocycles. The van der Waals surface area contributed by atoms with Crippen LogP contribution in [0.15, 0.2) is 18.2 Å². The molecule has 1 unspecified atom stereocenters. The van der Waals surface area contributed by atoms with Crippen molar-refractivity contribution in [1.29, 1.82) is 0 Å². The molecule has 1 atom stereocenters. The fourth-order valence-corrected chi connectivity index (χ4v) is 3.08. The maximum absolute atomic E-state index is 13.6. The van der Waals surface area contributed by atoms with E-state index in [1.807, 2.05) is 6.07 Å². The average molecular weight is 207 g/mol. The molecule has 2 nitrogen and oxygen atoms in total. The molecular formula is C12H14FNO. The summed E-state index contributed by atoms with van der Waals surface area (Å²) < 4.78 is 13.6. The lowest BCUT2D eigenvalue weighted by atomic mass is 9.88. The highest BCUT2D eigenvalue weighted by Crippen LogP contribution is 2.46. The van der Waals surface area contributed by atoms with Crippen molar-refractivity contribution in [3.63, 3.8) is 0 Å². The molecule has 1 aromatic carbocycles. The van der Waals surface area contributed by atoms with Crippen molar-refractivity contribution in [3.8, 4) is 0 Å². The van der Waals surface area contributed by atoms with Crippen molar-refractivity contribution in [2.24, 2.45) is 0 Å². The molecular weight excluding hydrogens is 193 g/mol. The van der Waals surface area contributed by atoms with Crippen LogP contribution in [0.25, 0.3) is 0 Å². The fraction of sp³-hybridized carbons (Fsp3) is 0.500. The Labute approximate surface area is 88.3 Å². The Morgan fingerprint density at radius 3 is 3.13 bits per heavy atom. The largest absolute Gasteiger partial charge is 0.394 e. The van der Waals surface area contributed by atoms with Crippen LogP contribution < -0.4 is 0 Å². The van der Waals surface area contributed by atoms with Crippen LogP contribution in [0.3, 0.4) is 0 Å². The van der Waals surface area contributed by atoms with Crippen molar-refractivity contribution in [2.75, 3.05) is 13.2 Å². The van der Waals surface area contributed by atoms with Crippen LogP contribution >= 0.6 is 0 Å². The van der Waals surface area contributed by atoms with Crippen LogP contribution in [0.1, 0.15) is 24.0 Å². The van der Waals surface area contributed by atoms with Gasteiger partial charge in [-0.15, -0.1) is 0 Å². The van der Waals surface area contributed by atoms with E-state index in [1.54, 1.807) is 6.07 Å². The van der Waals surface area contributed by atoms with E-state index in [1.165, 1.54) is 6.07 Å². The summed E-state index contributed by atoms with van der Waals surface area (Å²) in [5, 5.41) is 9.60. The Balaban J connectivity index is 2.18. The summed E-state index contributed by atoms with van der Waals surface area (Å²) >= 11 is 0. The van der Waals surface area contributed by atoms with Gasteiger partial charge in [-0.3, -0.25) is 4.90 Å². The van der Waals surface area contributed by atoms with E-state index in [2.05, 4.69) is 4.90 Å². The van der Waals surface area contributed by atoms with Crippen LogP contribution in [0, 0.1) is 5.82 Å². The highest BCUT2D eigenvalue weighted by Gasteiger charge is 2.48. The lowest BCUT2D eigenvalue weighted by Crippen LogP contribution is -2.38. The molecule has 1 aromatic rings. The number of fused-ring (bicyclic) bond motifs is 3. The third-order valence-electron chi connectivity index (χ3n) is 3.85. The van der Waals surface area contributed by atoms with Crippen molar-refractivity contribution >= 4 is 0 Å². The second kappa shape index (κ2) is 3.03. The van der Waals surface area contributed by atoms with Crippen LogP contribution in [-0.2, 0) is 12.1 Å². The minimum absolute atomic E-state index is 0.101. The first-order chi connectivity index (χ1) is 7.28. The SMILES string of the molecule is OCC12CCCN1Cc1c(F)cccc12. The van der Waals surface area contributed by atoms with E-state index in [4.69, 9.17) is 0 Å². The van der Waals surface area contributed by atoms with E-state index in [0.717, 1.165) is 30.5 Å². The van der Waals surface area contributed by atoms with Gasteiger partial charge >= 0.3 is 0 Å². The predicted molar refractivity (Wildman–Crippen MR) is 54.8 cm³/mol. The molecule has 15 heavy (non-hydrogen) atoms. The lowest BCUT2D eigenvalue weighted by Gasteiger charge is -2.30. The van der Waals surface area contributed by atoms with Gasteiger partial charge in [-0.25, -0.2) is 4.39 Å². The summed E-state index contributed by atoms with van der Waals surface area (Å²) in [7, 11) is 0. The van der Waals surface area contributed by atoms with Gasteiger partial charge in [0.1, 0.15) is 5.82 Å². The van der Waals surface area contributed by atoms with Crippen molar-refractivity contribution in [3.05, 3.63) is 35.1 Å². The topological polar surface area (TPSA) is 23.5 Å². The molecule has 0 aliphatic carbocycles. The molecule has 2 aliphatic rings. The molecule has 0 bridgehead atoms. The summed E-state index contributed by atoms with van der Waals surface area (Å²) in [5.41, 5.74) is 1.51. The molecule has 1 saturated heterocycles. The van der Waals surface area contributed by atoms with Gasteiger partial charge in [0.25, 0.3) is 0 Å². The number of aliphatic hydroxyl groups excluding tert-OH is 1. The van der Waals surface area contributed by atoms with Gasteiger partial charge in [0.05, 0.1) is 12.1 Å². The first-order valence-electron chi connectivity index (χ1n) is 5.42. The molecule has 0 spiro atoms. The highest BCUT2D eigenvalue weighted by molar-refractivity contribution is 5.40. The molecule has 80 valence electrons. The number of nitrogens with zero attached hydrogens (tertiary/aromatic N) is 1.